The molecule has 1 aliphatic heterocycles. The lowest BCUT2D eigenvalue weighted by atomic mass is 9.90. The average molecular weight is 239 g/mol. The molecule has 4 nitrogen and oxygen atoms in total. The summed E-state index contributed by atoms with van der Waals surface area (Å²) in [6.07, 6.45) is 0.714. The van der Waals surface area contributed by atoms with Gasteiger partial charge in [0.1, 0.15) is 0 Å². The minimum Gasteiger partial charge on any atom is -0.393 e. The number of hydrogen-bond acceptors (Lipinski definition) is 4. The fraction of sp³-hybridized carbons (Fsp3) is 0.923. The Hall–Kier alpha value is -0.630. The number of hydrogen-bond donors (Lipinski definition) is 2. The molecular weight excluding hydrogens is 214 g/mol. The number of nitrogens with zero attached hydrogens (tertiary/aromatic N) is 2. The Morgan fingerprint density at radius 3 is 2.65 bits per heavy atom. The van der Waals surface area contributed by atoms with Gasteiger partial charge in [-0.15, -0.1) is 0 Å². The van der Waals surface area contributed by atoms with Crippen LogP contribution in [-0.4, -0.2) is 48.3 Å². The molecule has 1 saturated heterocycles. The topological polar surface area (TPSA) is 59.3 Å². The molecule has 0 aromatic carbocycles. The number of aliphatic hydroxyl groups is 1. The zero-order chi connectivity index (χ0) is 12.8. The van der Waals surface area contributed by atoms with Crippen molar-refractivity contribution in [2.75, 3.05) is 26.2 Å². The largest absolute Gasteiger partial charge is 0.393 e. The first-order chi connectivity index (χ1) is 8.02. The molecule has 0 bridgehead atoms. The third kappa shape index (κ3) is 5.03. The molecule has 0 amide bonds. The molecule has 3 atom stereocenters. The van der Waals surface area contributed by atoms with Crippen molar-refractivity contribution in [1.82, 2.24) is 10.2 Å². The van der Waals surface area contributed by atoms with E-state index in [2.05, 4.69) is 30.1 Å². The molecule has 1 rings (SSSR count). The molecule has 17 heavy (non-hydrogen) atoms. The average Bonchev–Trinajstić information content (AvgIpc) is 2.26. The minimum absolute atomic E-state index is 0.279. The monoisotopic (exact) mass is 239 g/mol. The summed E-state index contributed by atoms with van der Waals surface area (Å²) in [5.41, 5.74) is 0. The van der Waals surface area contributed by atoms with E-state index < -0.39 is 0 Å². The predicted molar refractivity (Wildman–Crippen MR) is 68.5 cm³/mol. The molecule has 0 aliphatic carbocycles. The van der Waals surface area contributed by atoms with E-state index in [1.807, 2.05) is 6.92 Å². The Morgan fingerprint density at radius 1 is 1.41 bits per heavy atom. The first kappa shape index (κ1) is 14.4. The van der Waals surface area contributed by atoms with E-state index in [4.69, 9.17) is 5.26 Å². The summed E-state index contributed by atoms with van der Waals surface area (Å²) in [6.45, 7) is 9.44. The number of aliphatic hydroxyl groups excluding tert-OH is 1. The van der Waals surface area contributed by atoms with E-state index in [1.165, 1.54) is 0 Å². The standard InChI is InChI=1S/C13H25N3O/c1-10(2)7-15-13-6-12(11(3)17)8-16(9-13)5-4-14/h10-13,15,17H,5-9H2,1-3H3. The lowest BCUT2D eigenvalue weighted by Crippen LogP contribution is -2.52. The Morgan fingerprint density at radius 2 is 2.12 bits per heavy atom. The minimum atomic E-state index is -0.292. The Labute approximate surface area is 105 Å². The van der Waals surface area contributed by atoms with Crippen molar-refractivity contribution in [1.29, 1.82) is 5.26 Å². The van der Waals surface area contributed by atoms with Crippen LogP contribution in [0.5, 0.6) is 0 Å². The maximum atomic E-state index is 9.72. The predicted octanol–water partition coefficient (Wildman–Crippen LogP) is 0.827. The highest BCUT2D eigenvalue weighted by Gasteiger charge is 2.29. The lowest BCUT2D eigenvalue weighted by molar-refractivity contribution is 0.0529. The lowest BCUT2D eigenvalue weighted by Gasteiger charge is -2.38. The van der Waals surface area contributed by atoms with Gasteiger partial charge < -0.3 is 10.4 Å². The zero-order valence-corrected chi connectivity index (χ0v) is 11.2. The highest BCUT2D eigenvalue weighted by atomic mass is 16.3. The van der Waals surface area contributed by atoms with Crippen molar-refractivity contribution in [3.8, 4) is 6.07 Å². The van der Waals surface area contributed by atoms with E-state index in [0.717, 1.165) is 26.1 Å². The van der Waals surface area contributed by atoms with Crippen molar-refractivity contribution in [3.63, 3.8) is 0 Å². The van der Waals surface area contributed by atoms with Crippen molar-refractivity contribution in [3.05, 3.63) is 0 Å². The van der Waals surface area contributed by atoms with E-state index >= 15 is 0 Å². The highest BCUT2D eigenvalue weighted by Crippen LogP contribution is 2.20. The number of nitriles is 1. The van der Waals surface area contributed by atoms with Crippen LogP contribution in [-0.2, 0) is 0 Å². The molecular formula is C13H25N3O. The fourth-order valence-electron chi connectivity index (χ4n) is 2.36. The summed E-state index contributed by atoms with van der Waals surface area (Å²) in [5.74, 6) is 0.910. The van der Waals surface area contributed by atoms with E-state index in [0.29, 0.717) is 18.5 Å². The van der Waals surface area contributed by atoms with Crippen molar-refractivity contribution in [2.24, 2.45) is 11.8 Å². The Kier molecular flexibility index (Phi) is 5.90. The van der Waals surface area contributed by atoms with Crippen LogP contribution in [0, 0.1) is 23.2 Å². The number of likely N-dealkylation sites (tertiary alicyclic amines) is 1. The summed E-state index contributed by atoms with van der Waals surface area (Å²) in [4.78, 5) is 2.14. The molecule has 0 saturated carbocycles. The van der Waals surface area contributed by atoms with E-state index in [1.54, 1.807) is 0 Å². The van der Waals surface area contributed by atoms with Gasteiger partial charge in [-0.2, -0.15) is 5.26 Å². The van der Waals surface area contributed by atoms with Crippen molar-refractivity contribution < 1.29 is 5.11 Å². The molecule has 3 unspecified atom stereocenters. The number of rotatable bonds is 5. The maximum Gasteiger partial charge on any atom is 0.0866 e. The SMILES string of the molecule is CC(C)CNC1CC(C(C)O)CN(CC#N)C1. The second-order valence-corrected chi connectivity index (χ2v) is 5.59. The molecule has 0 aromatic rings. The number of nitrogens with one attached hydrogen (secondary N) is 1. The van der Waals surface area contributed by atoms with Crippen LogP contribution in [0.15, 0.2) is 0 Å². The van der Waals surface area contributed by atoms with Crippen LogP contribution in [0.1, 0.15) is 27.2 Å². The maximum absolute atomic E-state index is 9.72. The third-order valence-electron chi connectivity index (χ3n) is 3.35. The molecule has 1 aliphatic rings. The summed E-state index contributed by atoms with van der Waals surface area (Å²) >= 11 is 0. The van der Waals surface area contributed by atoms with Crippen molar-refractivity contribution >= 4 is 0 Å². The molecule has 1 heterocycles. The number of piperidine rings is 1. The van der Waals surface area contributed by atoms with Crippen LogP contribution in [0.3, 0.4) is 0 Å². The van der Waals surface area contributed by atoms with Crippen LogP contribution in [0.25, 0.3) is 0 Å². The summed E-state index contributed by atoms with van der Waals surface area (Å²) in [5, 5.41) is 22.0. The van der Waals surface area contributed by atoms with Gasteiger partial charge in [-0.3, -0.25) is 4.90 Å². The summed E-state index contributed by atoms with van der Waals surface area (Å²) in [6, 6.07) is 2.60. The van der Waals surface area contributed by atoms with Crippen molar-refractivity contribution in [2.45, 2.75) is 39.3 Å². The highest BCUT2D eigenvalue weighted by molar-refractivity contribution is 4.89. The normalized spacial score (nSPS) is 28.0. The van der Waals surface area contributed by atoms with Gasteiger partial charge in [0.2, 0.25) is 0 Å². The smallest absolute Gasteiger partial charge is 0.0866 e. The first-order valence-electron chi connectivity index (χ1n) is 6.53. The van der Waals surface area contributed by atoms with Gasteiger partial charge in [-0.1, -0.05) is 13.8 Å². The molecule has 4 heteroatoms. The summed E-state index contributed by atoms with van der Waals surface area (Å²) in [7, 11) is 0. The van der Waals surface area contributed by atoms with Gasteiger partial charge in [-0.25, -0.2) is 0 Å². The van der Waals surface area contributed by atoms with Crippen LogP contribution < -0.4 is 5.32 Å². The second-order valence-electron chi connectivity index (χ2n) is 5.59. The third-order valence-corrected chi connectivity index (χ3v) is 3.35. The van der Waals surface area contributed by atoms with Gasteiger partial charge in [-0.05, 0) is 31.7 Å². The molecule has 0 radical (unpaired) electrons. The second kappa shape index (κ2) is 6.95. The van der Waals surface area contributed by atoms with E-state index in [9.17, 15) is 5.11 Å². The van der Waals surface area contributed by atoms with E-state index in [-0.39, 0.29) is 12.0 Å². The van der Waals surface area contributed by atoms with Gasteiger partial charge in [0, 0.05) is 19.1 Å². The zero-order valence-electron chi connectivity index (χ0n) is 11.2. The summed E-state index contributed by atoms with van der Waals surface area (Å²) < 4.78 is 0. The molecule has 98 valence electrons. The molecule has 0 spiro atoms. The Bertz CT molecular complexity index is 260. The molecule has 2 N–H and O–H groups in total. The Balaban J connectivity index is 2.50. The van der Waals surface area contributed by atoms with Gasteiger partial charge in [0.05, 0.1) is 18.7 Å². The quantitative estimate of drug-likeness (QED) is 0.698. The molecule has 0 aromatic heterocycles. The molecule has 1 fully saturated rings. The first-order valence-corrected chi connectivity index (χ1v) is 6.53. The van der Waals surface area contributed by atoms with Gasteiger partial charge >= 0.3 is 0 Å². The van der Waals surface area contributed by atoms with Crippen LogP contribution >= 0.6 is 0 Å². The fourth-order valence-corrected chi connectivity index (χ4v) is 2.36. The van der Waals surface area contributed by atoms with Crippen LogP contribution in [0.2, 0.25) is 0 Å². The van der Waals surface area contributed by atoms with Gasteiger partial charge in [0.25, 0.3) is 0 Å². The van der Waals surface area contributed by atoms with Crippen LogP contribution in [0.4, 0.5) is 0 Å². The van der Waals surface area contributed by atoms with Gasteiger partial charge in [0.15, 0.2) is 0 Å².